The molecule has 0 aliphatic rings. The van der Waals surface area contributed by atoms with E-state index in [1.807, 2.05) is 54.6 Å². The number of hydrogen-bond acceptors (Lipinski definition) is 8. The predicted octanol–water partition coefficient (Wildman–Crippen LogP) is 7.42. The van der Waals surface area contributed by atoms with E-state index in [0.717, 1.165) is 11.1 Å². The largest absolute Gasteiger partial charge is 0.489 e. The van der Waals surface area contributed by atoms with Crippen molar-refractivity contribution in [2.45, 2.75) is 71.6 Å². The van der Waals surface area contributed by atoms with Crippen molar-refractivity contribution < 1.29 is 38.1 Å². The maximum Gasteiger partial charge on any atom is 0.409 e. The fraction of sp³-hybridized carbons (Fsp3) is 0.382. The maximum absolute atomic E-state index is 13.1. The third-order valence-corrected chi connectivity index (χ3v) is 6.63. The van der Waals surface area contributed by atoms with E-state index in [1.165, 1.54) is 0 Å². The number of nitrogens with one attached hydrogen (secondary N) is 1. The molecule has 0 saturated carbocycles. The number of benzene rings is 3. The van der Waals surface area contributed by atoms with Gasteiger partial charge in [0.1, 0.15) is 29.5 Å². The van der Waals surface area contributed by atoms with E-state index in [0.29, 0.717) is 35.3 Å². The highest BCUT2D eigenvalue weighted by molar-refractivity contribution is 6.31. The van der Waals surface area contributed by atoms with Crippen LogP contribution in [0.15, 0.2) is 72.8 Å². The number of carbonyl (C=O) groups is 3. The molecule has 3 aromatic carbocycles. The average Bonchev–Trinajstić information content (AvgIpc) is 2.96. The SMILES string of the molecule is CCOC(=O)C(CCCc1ccc(Oc2cccc(OCc3ccccc3)c2)cc1Cl)(NC(=O)OC(C)(C)C)C(=O)OCC. The summed E-state index contributed by atoms with van der Waals surface area (Å²) in [6.45, 7) is 8.69. The minimum atomic E-state index is -2.09. The third-order valence-electron chi connectivity index (χ3n) is 6.27. The van der Waals surface area contributed by atoms with Gasteiger partial charge in [-0.2, -0.15) is 0 Å². The molecular formula is C34H40ClNO8. The molecule has 0 aliphatic carbocycles. The number of ether oxygens (including phenoxy) is 5. The molecule has 9 nitrogen and oxygen atoms in total. The quantitative estimate of drug-likeness (QED) is 0.112. The lowest BCUT2D eigenvalue weighted by atomic mass is 9.91. The van der Waals surface area contributed by atoms with E-state index in [2.05, 4.69) is 5.32 Å². The molecule has 3 aromatic rings. The molecule has 0 aromatic heterocycles. The molecule has 10 heteroatoms. The van der Waals surface area contributed by atoms with Crippen LogP contribution in [0.1, 0.15) is 58.6 Å². The van der Waals surface area contributed by atoms with Gasteiger partial charge in [-0.15, -0.1) is 0 Å². The Morgan fingerprint density at radius 2 is 1.43 bits per heavy atom. The van der Waals surface area contributed by atoms with Crippen molar-refractivity contribution >= 4 is 29.6 Å². The minimum Gasteiger partial charge on any atom is -0.489 e. The zero-order valence-corrected chi connectivity index (χ0v) is 26.6. The van der Waals surface area contributed by atoms with Crippen LogP contribution in [0.3, 0.4) is 0 Å². The second kappa shape index (κ2) is 16.0. The van der Waals surface area contributed by atoms with Crippen LogP contribution in [0.4, 0.5) is 4.79 Å². The van der Waals surface area contributed by atoms with Crippen LogP contribution in [0.5, 0.6) is 17.2 Å². The van der Waals surface area contributed by atoms with Crippen molar-refractivity contribution in [3.05, 3.63) is 88.9 Å². The topological polar surface area (TPSA) is 109 Å². The summed E-state index contributed by atoms with van der Waals surface area (Å²) in [6.07, 6.45) is -0.367. The van der Waals surface area contributed by atoms with Crippen LogP contribution >= 0.6 is 11.6 Å². The Bertz CT molecular complexity index is 1390. The number of esters is 2. The smallest absolute Gasteiger partial charge is 0.409 e. The Labute approximate surface area is 263 Å². The first-order valence-electron chi connectivity index (χ1n) is 14.5. The van der Waals surface area contributed by atoms with Crippen molar-refractivity contribution in [3.63, 3.8) is 0 Å². The molecule has 0 unspecified atom stereocenters. The molecule has 0 spiro atoms. The molecule has 1 N–H and O–H groups in total. The van der Waals surface area contributed by atoms with E-state index in [-0.39, 0.29) is 26.1 Å². The number of halogens is 1. The van der Waals surface area contributed by atoms with E-state index < -0.39 is 29.2 Å². The van der Waals surface area contributed by atoms with E-state index >= 15 is 0 Å². The fourth-order valence-corrected chi connectivity index (χ4v) is 4.55. The molecule has 3 rings (SSSR count). The molecule has 0 atom stereocenters. The molecule has 1 amide bonds. The lowest BCUT2D eigenvalue weighted by Gasteiger charge is -2.31. The zero-order chi connectivity index (χ0) is 32.2. The van der Waals surface area contributed by atoms with Gasteiger partial charge in [0.05, 0.1) is 13.2 Å². The zero-order valence-electron chi connectivity index (χ0n) is 25.8. The summed E-state index contributed by atoms with van der Waals surface area (Å²) in [4.78, 5) is 38.9. The number of alkyl carbamates (subject to hydrolysis) is 1. The lowest BCUT2D eigenvalue weighted by Crippen LogP contribution is -2.62. The molecule has 0 bridgehead atoms. The summed E-state index contributed by atoms with van der Waals surface area (Å²) in [7, 11) is 0. The molecule has 0 aliphatic heterocycles. The standard InChI is InChI=1S/C34H40ClNO8/c1-6-40-30(37)34(31(38)41-7-2,36-32(39)44-33(3,4)5)20-12-15-25-18-19-28(22-29(25)35)43-27-17-11-16-26(21-27)42-23-24-13-9-8-10-14-24/h8-11,13-14,16-19,21-22H,6-7,12,15,20,23H2,1-5H3,(H,36,39). The number of rotatable bonds is 14. The summed E-state index contributed by atoms with van der Waals surface area (Å²) in [5.41, 5.74) is -1.12. The molecule has 236 valence electrons. The highest BCUT2D eigenvalue weighted by Crippen LogP contribution is 2.30. The van der Waals surface area contributed by atoms with Gasteiger partial charge in [-0.1, -0.05) is 54.1 Å². The summed E-state index contributed by atoms with van der Waals surface area (Å²) in [6, 6.07) is 22.5. The van der Waals surface area contributed by atoms with Gasteiger partial charge in [0.25, 0.3) is 0 Å². The van der Waals surface area contributed by atoms with Gasteiger partial charge < -0.3 is 23.7 Å². The van der Waals surface area contributed by atoms with Crippen molar-refractivity contribution in [3.8, 4) is 17.2 Å². The van der Waals surface area contributed by atoms with Crippen molar-refractivity contribution in [2.24, 2.45) is 0 Å². The van der Waals surface area contributed by atoms with Gasteiger partial charge >= 0.3 is 18.0 Å². The highest BCUT2D eigenvalue weighted by Gasteiger charge is 2.50. The normalized spacial score (nSPS) is 11.3. The van der Waals surface area contributed by atoms with Crippen LogP contribution in [0, 0.1) is 0 Å². The Morgan fingerprint density at radius 3 is 2.05 bits per heavy atom. The maximum atomic E-state index is 13.1. The molecule has 0 fully saturated rings. The summed E-state index contributed by atoms with van der Waals surface area (Å²) in [5.74, 6) is -0.0665. The van der Waals surface area contributed by atoms with Crippen molar-refractivity contribution in [1.82, 2.24) is 5.32 Å². The number of aryl methyl sites for hydroxylation is 1. The van der Waals surface area contributed by atoms with Gasteiger partial charge in [0, 0.05) is 11.1 Å². The van der Waals surface area contributed by atoms with E-state index in [1.54, 1.807) is 52.8 Å². The Kier molecular flexibility index (Phi) is 12.5. The van der Waals surface area contributed by atoms with Crippen molar-refractivity contribution in [1.29, 1.82) is 0 Å². The van der Waals surface area contributed by atoms with Crippen LogP contribution < -0.4 is 14.8 Å². The molecule has 0 radical (unpaired) electrons. The first kappa shape index (κ1) is 34.3. The van der Waals surface area contributed by atoms with Crippen LogP contribution in [0.25, 0.3) is 0 Å². The monoisotopic (exact) mass is 625 g/mol. The van der Waals surface area contributed by atoms with Gasteiger partial charge in [-0.3, -0.25) is 5.32 Å². The van der Waals surface area contributed by atoms with Gasteiger partial charge in [0.15, 0.2) is 0 Å². The Morgan fingerprint density at radius 1 is 0.795 bits per heavy atom. The number of carbonyl (C=O) groups excluding carboxylic acids is 3. The van der Waals surface area contributed by atoms with Crippen molar-refractivity contribution in [2.75, 3.05) is 13.2 Å². The van der Waals surface area contributed by atoms with Crippen LogP contribution in [-0.2, 0) is 36.8 Å². The number of amides is 1. The molecule has 0 saturated heterocycles. The van der Waals surface area contributed by atoms with Gasteiger partial charge in [0.2, 0.25) is 5.54 Å². The Balaban J connectivity index is 1.69. The summed E-state index contributed by atoms with van der Waals surface area (Å²) < 4.78 is 27.6. The average molecular weight is 626 g/mol. The minimum absolute atomic E-state index is 0.00529. The summed E-state index contributed by atoms with van der Waals surface area (Å²) in [5, 5.41) is 2.88. The molecule has 0 heterocycles. The first-order valence-corrected chi connectivity index (χ1v) is 14.9. The molecular weight excluding hydrogens is 586 g/mol. The van der Waals surface area contributed by atoms with Crippen LogP contribution in [0.2, 0.25) is 5.02 Å². The number of hydrogen-bond donors (Lipinski definition) is 1. The van der Waals surface area contributed by atoms with E-state index in [4.69, 9.17) is 35.3 Å². The van der Waals surface area contributed by atoms with Crippen LogP contribution in [-0.4, -0.2) is 42.4 Å². The van der Waals surface area contributed by atoms with Gasteiger partial charge in [-0.05, 0) is 89.3 Å². The summed E-state index contributed by atoms with van der Waals surface area (Å²) >= 11 is 6.60. The highest BCUT2D eigenvalue weighted by atomic mass is 35.5. The third kappa shape index (κ3) is 10.2. The lowest BCUT2D eigenvalue weighted by molar-refractivity contribution is -0.166. The van der Waals surface area contributed by atoms with E-state index in [9.17, 15) is 14.4 Å². The second-order valence-electron chi connectivity index (χ2n) is 10.9. The first-order chi connectivity index (χ1) is 21.0. The predicted molar refractivity (Wildman–Crippen MR) is 167 cm³/mol. The second-order valence-corrected chi connectivity index (χ2v) is 11.3. The Hall–Kier alpha value is -4.24. The fourth-order valence-electron chi connectivity index (χ4n) is 4.28. The molecule has 44 heavy (non-hydrogen) atoms. The van der Waals surface area contributed by atoms with Gasteiger partial charge in [-0.25, -0.2) is 14.4 Å².